The van der Waals surface area contributed by atoms with Gasteiger partial charge in [-0.25, -0.2) is 0 Å². The molecule has 0 aliphatic heterocycles. The van der Waals surface area contributed by atoms with Gasteiger partial charge in [0.15, 0.2) is 0 Å². The predicted molar refractivity (Wildman–Crippen MR) is 121 cm³/mol. The fraction of sp³-hybridized carbons (Fsp3) is 0.222. The third kappa shape index (κ3) is 7.46. The van der Waals surface area contributed by atoms with Crippen molar-refractivity contribution >= 4 is 72.2 Å². The molecular weight excluding hydrogens is 634 g/mol. The van der Waals surface area contributed by atoms with Gasteiger partial charge in [0.2, 0.25) is 0 Å². The van der Waals surface area contributed by atoms with Crippen molar-refractivity contribution in [2.45, 2.75) is 13.8 Å². The molecule has 0 aliphatic carbocycles. The number of nitrogens with zero attached hydrogens (tertiary/aromatic N) is 2. The van der Waals surface area contributed by atoms with Gasteiger partial charge in [-0.3, -0.25) is 0 Å². The summed E-state index contributed by atoms with van der Waals surface area (Å²) < 4.78 is 12.7. The van der Waals surface area contributed by atoms with E-state index in [0.29, 0.717) is 23.5 Å². The summed E-state index contributed by atoms with van der Waals surface area (Å²) in [7, 11) is 9.75. The predicted octanol–water partition coefficient (Wildman–Crippen LogP) is 8.13. The molecular formula is C18H18Cl2N4O2PtS2. The summed E-state index contributed by atoms with van der Waals surface area (Å²) in [4.78, 5) is 8.09. The number of benzene rings is 2. The van der Waals surface area contributed by atoms with Gasteiger partial charge in [-0.1, -0.05) is 12.1 Å². The van der Waals surface area contributed by atoms with E-state index in [1.807, 2.05) is 50.2 Å². The van der Waals surface area contributed by atoms with Gasteiger partial charge in [-0.2, -0.15) is 0 Å². The molecule has 2 aromatic heterocycles. The average molecular weight is 652 g/mol. The first-order valence-corrected chi connectivity index (χ1v) is 15.6. The normalized spacial score (nSPS) is 10.2. The summed E-state index contributed by atoms with van der Waals surface area (Å²) in [5.41, 5.74) is 16.5. The van der Waals surface area contributed by atoms with Crippen molar-refractivity contribution in [3.8, 4) is 11.5 Å². The third-order valence-electron chi connectivity index (χ3n) is 3.34. The van der Waals surface area contributed by atoms with Gasteiger partial charge in [-0.05, 0) is 59.4 Å². The van der Waals surface area contributed by atoms with Gasteiger partial charge in [0.25, 0.3) is 0 Å². The molecule has 2 heterocycles. The number of ether oxygens (including phenoxy) is 2. The molecule has 4 rings (SSSR count). The SMILES string of the molecule is CCOc1ccc2nc([NH-])sc2c1.CCOc1ccc2nc([NH-])sc2c1.[Cl][Pt+2][Cl]. The summed E-state index contributed by atoms with van der Waals surface area (Å²) in [6.45, 7) is 5.23. The maximum absolute atomic E-state index is 7.36. The molecule has 0 radical (unpaired) electrons. The van der Waals surface area contributed by atoms with Crippen LogP contribution in [0, 0.1) is 0 Å². The Hall–Kier alpha value is -1.31. The van der Waals surface area contributed by atoms with Crippen LogP contribution in [-0.4, -0.2) is 23.2 Å². The number of fused-ring (bicyclic) bond motifs is 2. The zero-order valence-electron chi connectivity index (χ0n) is 15.5. The van der Waals surface area contributed by atoms with Crippen molar-refractivity contribution in [2.24, 2.45) is 0 Å². The number of hydrogen-bond acceptors (Lipinski definition) is 6. The number of halogens is 2. The molecule has 6 nitrogen and oxygen atoms in total. The summed E-state index contributed by atoms with van der Waals surface area (Å²) >= 11 is 2.26. The van der Waals surface area contributed by atoms with Crippen molar-refractivity contribution in [1.82, 2.24) is 9.97 Å². The van der Waals surface area contributed by atoms with Crippen LogP contribution in [0.5, 0.6) is 11.5 Å². The Morgan fingerprint density at radius 1 is 0.828 bits per heavy atom. The van der Waals surface area contributed by atoms with Crippen LogP contribution in [0.1, 0.15) is 13.8 Å². The van der Waals surface area contributed by atoms with Crippen molar-refractivity contribution in [1.29, 1.82) is 0 Å². The third-order valence-corrected chi connectivity index (χ3v) is 5.00. The van der Waals surface area contributed by atoms with Crippen LogP contribution in [0.3, 0.4) is 0 Å². The number of hydrogen-bond donors (Lipinski definition) is 0. The van der Waals surface area contributed by atoms with Crippen LogP contribution < -0.4 is 9.47 Å². The molecule has 29 heavy (non-hydrogen) atoms. The van der Waals surface area contributed by atoms with E-state index in [2.05, 4.69) is 9.97 Å². The van der Waals surface area contributed by atoms with E-state index in [9.17, 15) is 0 Å². The molecule has 2 N–H and O–H groups in total. The molecule has 11 heteroatoms. The molecule has 0 fully saturated rings. The molecule has 2 aromatic carbocycles. The first kappa shape index (κ1) is 24.0. The van der Waals surface area contributed by atoms with Gasteiger partial charge >= 0.3 is 35.3 Å². The number of thiazole rings is 2. The topological polar surface area (TPSA) is 91.8 Å². The van der Waals surface area contributed by atoms with Crippen LogP contribution in [0.2, 0.25) is 0 Å². The fourth-order valence-corrected chi connectivity index (χ4v) is 3.81. The molecule has 0 unspecified atom stereocenters. The quantitative estimate of drug-likeness (QED) is 0.223. The summed E-state index contributed by atoms with van der Waals surface area (Å²) in [6.07, 6.45) is 0. The van der Waals surface area contributed by atoms with E-state index in [1.165, 1.54) is 22.7 Å². The van der Waals surface area contributed by atoms with Crippen molar-refractivity contribution in [3.05, 3.63) is 47.9 Å². The van der Waals surface area contributed by atoms with E-state index >= 15 is 0 Å². The molecule has 0 saturated heterocycles. The standard InChI is InChI=1S/2C9H9N2OS.2ClH.Pt/c2*1-2-12-6-3-4-7-8(5-6)13-9(10)11-7;;;/h2*3-5H,2H2,1H3,(H-,10,11);2*1H;/q2*-1;;;+4/p-2. The molecule has 0 spiro atoms. The van der Waals surface area contributed by atoms with Crippen LogP contribution in [0.15, 0.2) is 36.4 Å². The van der Waals surface area contributed by atoms with Crippen LogP contribution in [0.4, 0.5) is 10.3 Å². The summed E-state index contributed by atoms with van der Waals surface area (Å²) in [6, 6.07) is 11.4. The first-order valence-electron chi connectivity index (χ1n) is 8.33. The Kier molecular flexibility index (Phi) is 10.2. The second kappa shape index (κ2) is 12.4. The minimum atomic E-state index is -0.472. The zero-order chi connectivity index (χ0) is 21.2. The minimum absolute atomic E-state index is 0.351. The summed E-state index contributed by atoms with van der Waals surface area (Å²) in [5, 5.41) is 0.701. The number of nitrogens with one attached hydrogen (secondary N) is 2. The van der Waals surface area contributed by atoms with Crippen molar-refractivity contribution in [2.75, 3.05) is 13.2 Å². The van der Waals surface area contributed by atoms with Crippen LogP contribution >= 0.6 is 41.5 Å². The van der Waals surface area contributed by atoms with Gasteiger partial charge in [0.1, 0.15) is 11.5 Å². The van der Waals surface area contributed by atoms with Crippen LogP contribution in [-0.2, 0) is 16.5 Å². The second-order valence-electron chi connectivity index (χ2n) is 5.21. The Bertz CT molecular complexity index is 963. The van der Waals surface area contributed by atoms with E-state index in [1.54, 1.807) is 0 Å². The first-order chi connectivity index (χ1) is 14.0. The maximum atomic E-state index is 7.36. The van der Waals surface area contributed by atoms with E-state index < -0.39 is 16.5 Å². The van der Waals surface area contributed by atoms with Gasteiger partial charge in [0, 0.05) is 9.40 Å². The molecule has 0 amide bonds. The fourth-order valence-electron chi connectivity index (χ4n) is 2.32. The van der Waals surface area contributed by atoms with Crippen LogP contribution in [0.25, 0.3) is 31.9 Å². The Morgan fingerprint density at radius 3 is 1.55 bits per heavy atom. The van der Waals surface area contributed by atoms with Crippen molar-refractivity contribution < 1.29 is 26.0 Å². The Morgan fingerprint density at radius 2 is 1.21 bits per heavy atom. The molecule has 0 saturated carbocycles. The second-order valence-corrected chi connectivity index (χ2v) is 10.6. The Labute approximate surface area is 193 Å². The van der Waals surface area contributed by atoms with E-state index in [-0.39, 0.29) is 0 Å². The molecule has 0 bridgehead atoms. The monoisotopic (exact) mass is 651 g/mol. The average Bonchev–Trinajstić information content (AvgIpc) is 3.23. The summed E-state index contributed by atoms with van der Waals surface area (Å²) in [5.74, 6) is 1.69. The molecule has 4 aromatic rings. The molecule has 0 aliphatic rings. The molecule has 0 atom stereocenters. The van der Waals surface area contributed by atoms with Gasteiger partial charge in [0.05, 0.1) is 13.2 Å². The zero-order valence-corrected chi connectivity index (χ0v) is 20.9. The number of rotatable bonds is 4. The van der Waals surface area contributed by atoms with Gasteiger partial charge in [-0.15, -0.1) is 22.7 Å². The molecule has 158 valence electrons. The van der Waals surface area contributed by atoms with E-state index in [0.717, 1.165) is 31.9 Å². The Balaban J connectivity index is 0.000000183. The van der Waals surface area contributed by atoms with E-state index in [4.69, 9.17) is 39.8 Å². The number of aromatic nitrogens is 2. The van der Waals surface area contributed by atoms with Gasteiger partial charge < -0.3 is 30.9 Å². The van der Waals surface area contributed by atoms with Crippen molar-refractivity contribution in [3.63, 3.8) is 0 Å².